The van der Waals surface area contributed by atoms with E-state index in [1.165, 1.54) is 19.3 Å². The van der Waals surface area contributed by atoms with Gasteiger partial charge in [0.15, 0.2) is 0 Å². The normalized spacial score (nSPS) is 45.0. The molecule has 2 saturated carbocycles. The second-order valence-corrected chi connectivity index (χ2v) is 4.73. The molecule has 0 aromatic rings. The van der Waals surface area contributed by atoms with Crippen LogP contribution in [0.2, 0.25) is 0 Å². The number of halogens is 1. The van der Waals surface area contributed by atoms with Crippen LogP contribution in [0.25, 0.3) is 0 Å². The van der Waals surface area contributed by atoms with E-state index in [1.807, 2.05) is 0 Å². The van der Waals surface area contributed by atoms with E-state index in [2.05, 4.69) is 13.8 Å². The first-order chi connectivity index (χ1) is 5.20. The molecule has 0 aliphatic heterocycles. The first-order valence-electron chi connectivity index (χ1n) is 4.95. The van der Waals surface area contributed by atoms with Crippen molar-refractivity contribution < 1.29 is 0 Å². The standard InChI is InChI=1S/C10H19N.ClH/c1-6(2)9-7-3-4-8(5-7)10(9)11;/h6-10H,3-5,11H2,1-2H3;1H/t7-,8+,9+,10+;/m0./s1. The summed E-state index contributed by atoms with van der Waals surface area (Å²) in [5, 5.41) is 0. The predicted octanol–water partition coefficient (Wildman–Crippen LogP) is 2.44. The van der Waals surface area contributed by atoms with Crippen molar-refractivity contribution in [3.05, 3.63) is 0 Å². The van der Waals surface area contributed by atoms with Crippen molar-refractivity contribution in [1.29, 1.82) is 0 Å². The summed E-state index contributed by atoms with van der Waals surface area (Å²) in [6.07, 6.45) is 4.31. The Balaban J connectivity index is 0.000000720. The zero-order valence-corrected chi connectivity index (χ0v) is 8.81. The molecule has 0 spiro atoms. The molecule has 0 aromatic carbocycles. The van der Waals surface area contributed by atoms with Crippen LogP contribution in [0.3, 0.4) is 0 Å². The van der Waals surface area contributed by atoms with Crippen molar-refractivity contribution in [2.75, 3.05) is 0 Å². The second kappa shape index (κ2) is 3.55. The topological polar surface area (TPSA) is 26.0 Å². The molecule has 2 bridgehead atoms. The van der Waals surface area contributed by atoms with Crippen molar-refractivity contribution in [2.24, 2.45) is 29.4 Å². The van der Waals surface area contributed by atoms with Crippen LogP contribution in [0.1, 0.15) is 33.1 Å². The van der Waals surface area contributed by atoms with Gasteiger partial charge < -0.3 is 5.73 Å². The lowest BCUT2D eigenvalue weighted by molar-refractivity contribution is 0.222. The van der Waals surface area contributed by atoms with E-state index < -0.39 is 0 Å². The Bertz CT molecular complexity index is 156. The molecule has 0 aromatic heterocycles. The summed E-state index contributed by atoms with van der Waals surface area (Å²) in [4.78, 5) is 0. The predicted molar refractivity (Wildman–Crippen MR) is 54.4 cm³/mol. The molecule has 1 nitrogen and oxygen atoms in total. The van der Waals surface area contributed by atoms with Gasteiger partial charge in [-0.2, -0.15) is 0 Å². The minimum absolute atomic E-state index is 0. The maximum Gasteiger partial charge on any atom is 0.0101 e. The van der Waals surface area contributed by atoms with Gasteiger partial charge in [-0.1, -0.05) is 13.8 Å². The van der Waals surface area contributed by atoms with E-state index in [0.29, 0.717) is 6.04 Å². The van der Waals surface area contributed by atoms with E-state index in [1.54, 1.807) is 0 Å². The van der Waals surface area contributed by atoms with Crippen LogP contribution in [-0.2, 0) is 0 Å². The Morgan fingerprint density at radius 1 is 1.17 bits per heavy atom. The molecule has 2 aliphatic carbocycles. The number of rotatable bonds is 1. The van der Waals surface area contributed by atoms with Gasteiger partial charge in [0.2, 0.25) is 0 Å². The summed E-state index contributed by atoms with van der Waals surface area (Å²) in [5.74, 6) is 3.51. The molecule has 0 radical (unpaired) electrons. The molecule has 0 heterocycles. The average Bonchev–Trinajstić information content (AvgIpc) is 2.44. The highest BCUT2D eigenvalue weighted by Gasteiger charge is 2.46. The first kappa shape index (κ1) is 10.3. The van der Waals surface area contributed by atoms with Crippen LogP contribution in [-0.4, -0.2) is 6.04 Å². The first-order valence-corrected chi connectivity index (χ1v) is 4.95. The van der Waals surface area contributed by atoms with Gasteiger partial charge >= 0.3 is 0 Å². The Kier molecular flexibility index (Phi) is 3.06. The summed E-state index contributed by atoms with van der Waals surface area (Å²) >= 11 is 0. The van der Waals surface area contributed by atoms with Crippen LogP contribution >= 0.6 is 12.4 Å². The summed E-state index contributed by atoms with van der Waals surface area (Å²) in [6, 6.07) is 0.536. The maximum atomic E-state index is 6.17. The van der Waals surface area contributed by atoms with Crippen molar-refractivity contribution in [2.45, 2.75) is 39.2 Å². The van der Waals surface area contributed by atoms with Crippen molar-refractivity contribution >= 4 is 12.4 Å². The third-order valence-corrected chi connectivity index (χ3v) is 3.82. The smallest absolute Gasteiger partial charge is 0.0101 e. The van der Waals surface area contributed by atoms with Crippen LogP contribution in [0.5, 0.6) is 0 Å². The molecule has 2 heteroatoms. The molecule has 0 amide bonds. The zero-order valence-electron chi connectivity index (χ0n) is 7.99. The SMILES string of the molecule is CC(C)[C@@H]1[C@H]2CC[C@H](C2)[C@H]1N.Cl. The lowest BCUT2D eigenvalue weighted by Crippen LogP contribution is -2.38. The van der Waals surface area contributed by atoms with Crippen LogP contribution in [0.4, 0.5) is 0 Å². The second-order valence-electron chi connectivity index (χ2n) is 4.73. The van der Waals surface area contributed by atoms with Gasteiger partial charge in [-0.3, -0.25) is 0 Å². The zero-order chi connectivity index (χ0) is 8.01. The maximum absolute atomic E-state index is 6.17. The molecule has 12 heavy (non-hydrogen) atoms. The number of hydrogen-bond acceptors (Lipinski definition) is 1. The molecule has 2 rings (SSSR count). The summed E-state index contributed by atoms with van der Waals surface area (Å²) in [7, 11) is 0. The van der Waals surface area contributed by atoms with E-state index in [9.17, 15) is 0 Å². The highest BCUT2D eigenvalue weighted by molar-refractivity contribution is 5.85. The van der Waals surface area contributed by atoms with Gasteiger partial charge in [0.05, 0.1) is 0 Å². The average molecular weight is 190 g/mol. The minimum Gasteiger partial charge on any atom is -0.327 e. The van der Waals surface area contributed by atoms with E-state index in [4.69, 9.17) is 5.73 Å². The number of fused-ring (bicyclic) bond motifs is 2. The Hall–Kier alpha value is 0.250. The molecular formula is C10H20ClN. The van der Waals surface area contributed by atoms with Crippen LogP contribution in [0.15, 0.2) is 0 Å². The third kappa shape index (κ3) is 1.38. The summed E-state index contributed by atoms with van der Waals surface area (Å²) in [5.41, 5.74) is 6.17. The summed E-state index contributed by atoms with van der Waals surface area (Å²) < 4.78 is 0. The van der Waals surface area contributed by atoms with Crippen LogP contribution < -0.4 is 5.73 Å². The van der Waals surface area contributed by atoms with Crippen molar-refractivity contribution in [1.82, 2.24) is 0 Å². The summed E-state index contributed by atoms with van der Waals surface area (Å²) in [6.45, 7) is 4.65. The molecule has 72 valence electrons. The van der Waals surface area contributed by atoms with Gasteiger partial charge in [-0.05, 0) is 42.9 Å². The van der Waals surface area contributed by atoms with E-state index in [0.717, 1.165) is 23.7 Å². The van der Waals surface area contributed by atoms with Gasteiger partial charge in [0.25, 0.3) is 0 Å². The Labute approximate surface area is 81.5 Å². The fourth-order valence-corrected chi connectivity index (χ4v) is 3.37. The van der Waals surface area contributed by atoms with E-state index in [-0.39, 0.29) is 12.4 Å². The third-order valence-electron chi connectivity index (χ3n) is 3.82. The molecule has 0 unspecified atom stereocenters. The Morgan fingerprint density at radius 3 is 2.08 bits per heavy atom. The highest BCUT2D eigenvalue weighted by Crippen LogP contribution is 2.50. The molecule has 4 atom stereocenters. The lowest BCUT2D eigenvalue weighted by Gasteiger charge is -2.31. The van der Waals surface area contributed by atoms with Crippen molar-refractivity contribution in [3.8, 4) is 0 Å². The lowest BCUT2D eigenvalue weighted by atomic mass is 9.78. The monoisotopic (exact) mass is 189 g/mol. The van der Waals surface area contributed by atoms with Gasteiger partial charge in [-0.25, -0.2) is 0 Å². The quantitative estimate of drug-likeness (QED) is 0.674. The molecule has 2 fully saturated rings. The fraction of sp³-hybridized carbons (Fsp3) is 1.00. The molecule has 0 saturated heterocycles. The van der Waals surface area contributed by atoms with Crippen LogP contribution in [0, 0.1) is 23.7 Å². The number of nitrogens with two attached hydrogens (primary N) is 1. The molecular weight excluding hydrogens is 170 g/mol. The fourth-order valence-electron chi connectivity index (χ4n) is 3.37. The molecule has 2 aliphatic rings. The largest absolute Gasteiger partial charge is 0.327 e. The van der Waals surface area contributed by atoms with Crippen molar-refractivity contribution in [3.63, 3.8) is 0 Å². The number of hydrogen-bond donors (Lipinski definition) is 1. The van der Waals surface area contributed by atoms with Gasteiger partial charge in [0.1, 0.15) is 0 Å². The van der Waals surface area contributed by atoms with Gasteiger partial charge in [-0.15, -0.1) is 12.4 Å². The Morgan fingerprint density at radius 2 is 1.75 bits per heavy atom. The molecule has 2 N–H and O–H groups in total. The van der Waals surface area contributed by atoms with E-state index >= 15 is 0 Å². The van der Waals surface area contributed by atoms with Gasteiger partial charge in [0, 0.05) is 6.04 Å². The minimum atomic E-state index is 0. The highest BCUT2D eigenvalue weighted by atomic mass is 35.5.